The van der Waals surface area contributed by atoms with Crippen molar-refractivity contribution in [3.8, 4) is 0 Å². The van der Waals surface area contributed by atoms with Crippen molar-refractivity contribution >= 4 is 54.7 Å². The van der Waals surface area contributed by atoms with Crippen LogP contribution in [0.1, 0.15) is 0 Å². The molecule has 0 atom stereocenters. The van der Waals surface area contributed by atoms with Gasteiger partial charge in [0.25, 0.3) is 10.0 Å². The molecule has 0 aliphatic heterocycles. The van der Waals surface area contributed by atoms with Gasteiger partial charge in [0.2, 0.25) is 0 Å². The third-order valence-corrected chi connectivity index (χ3v) is 5.36. The van der Waals surface area contributed by atoms with Crippen LogP contribution in [0.25, 0.3) is 0 Å². The lowest BCUT2D eigenvalue weighted by molar-refractivity contribution is 0.603. The van der Waals surface area contributed by atoms with Crippen LogP contribution in [0.5, 0.6) is 0 Å². The Balaban J connectivity index is 2.26. The average Bonchev–Trinajstić information content (AvgIpc) is 2.69. The third kappa shape index (κ3) is 3.15. The minimum absolute atomic E-state index is 0.124. The lowest BCUT2D eigenvalue weighted by Gasteiger charge is -2.03. The van der Waals surface area contributed by atoms with Crippen molar-refractivity contribution in [3.63, 3.8) is 0 Å². The summed E-state index contributed by atoms with van der Waals surface area (Å²) < 4.78 is 27.0. The predicted molar refractivity (Wildman–Crippen MR) is 69.9 cm³/mol. The third-order valence-electron chi connectivity index (χ3n) is 1.68. The fraction of sp³-hybridized carbons (Fsp3) is 0. The highest BCUT2D eigenvalue weighted by molar-refractivity contribution is 9.11. The molecule has 2 aromatic rings. The molecule has 0 fully saturated rings. The Morgan fingerprint density at radius 1 is 1.24 bits per heavy atom. The van der Waals surface area contributed by atoms with E-state index in [1.807, 2.05) is 0 Å². The Bertz CT molecular complexity index is 626. The summed E-state index contributed by atoms with van der Waals surface area (Å²) in [5.74, 6) is 0.124. The predicted octanol–water partition coefficient (Wildman–Crippen LogP) is 2.75. The summed E-state index contributed by atoms with van der Waals surface area (Å²) in [5, 5.41) is 7.36. The highest BCUT2D eigenvalue weighted by Crippen LogP contribution is 2.27. The van der Waals surface area contributed by atoms with Gasteiger partial charge in [0.15, 0.2) is 11.0 Å². The topological polar surface area (TPSA) is 72.0 Å². The second-order valence-corrected chi connectivity index (χ2v) is 7.66. The molecule has 2 rings (SSSR count). The second-order valence-electron chi connectivity index (χ2n) is 2.91. The maximum absolute atomic E-state index is 11.9. The van der Waals surface area contributed by atoms with E-state index in [9.17, 15) is 8.42 Å². The monoisotopic (exact) mass is 353 g/mol. The Kier molecular flexibility index (Phi) is 3.67. The van der Waals surface area contributed by atoms with Gasteiger partial charge in [-0.05, 0) is 40.2 Å². The van der Waals surface area contributed by atoms with Crippen LogP contribution in [0.4, 0.5) is 5.82 Å². The number of nitrogens with one attached hydrogen (secondary N) is 1. The fourth-order valence-corrected chi connectivity index (χ4v) is 4.11. The van der Waals surface area contributed by atoms with E-state index in [2.05, 4.69) is 30.8 Å². The van der Waals surface area contributed by atoms with E-state index in [1.54, 1.807) is 6.07 Å². The van der Waals surface area contributed by atoms with Gasteiger partial charge in [0.05, 0.1) is 3.79 Å². The molecule has 0 spiro atoms. The zero-order valence-electron chi connectivity index (χ0n) is 8.09. The van der Waals surface area contributed by atoms with Crippen LogP contribution in [0.3, 0.4) is 0 Å². The van der Waals surface area contributed by atoms with E-state index in [0.29, 0.717) is 0 Å². The molecule has 9 heteroatoms. The number of aromatic nitrogens is 2. The van der Waals surface area contributed by atoms with Crippen LogP contribution < -0.4 is 4.72 Å². The average molecular weight is 355 g/mol. The standard InChI is InChI=1S/C8H5BrClN3O2S2/c9-5-1-4-8(16-5)17(14,15)13-7-3-2-6(10)11-12-7/h1-4H,(H,12,13). The zero-order chi connectivity index (χ0) is 12.5. The molecule has 2 heterocycles. The van der Waals surface area contributed by atoms with Gasteiger partial charge < -0.3 is 0 Å². The molecule has 0 saturated carbocycles. The van der Waals surface area contributed by atoms with Gasteiger partial charge in [-0.15, -0.1) is 21.5 Å². The normalized spacial score (nSPS) is 11.4. The van der Waals surface area contributed by atoms with Crippen LogP contribution in [-0.4, -0.2) is 18.6 Å². The van der Waals surface area contributed by atoms with Gasteiger partial charge in [-0.2, -0.15) is 0 Å². The van der Waals surface area contributed by atoms with Crippen LogP contribution >= 0.6 is 38.9 Å². The Labute approximate surface area is 115 Å². The number of rotatable bonds is 3. The lowest BCUT2D eigenvalue weighted by atomic mass is 10.5. The molecule has 0 saturated heterocycles. The highest BCUT2D eigenvalue weighted by Gasteiger charge is 2.17. The Morgan fingerprint density at radius 2 is 2.00 bits per heavy atom. The molecule has 2 aromatic heterocycles. The van der Waals surface area contributed by atoms with Crippen molar-refractivity contribution in [1.29, 1.82) is 0 Å². The second kappa shape index (κ2) is 4.89. The molecule has 0 bridgehead atoms. The number of halogens is 2. The summed E-state index contributed by atoms with van der Waals surface area (Å²) in [6, 6.07) is 6.06. The molecule has 0 aliphatic rings. The molecule has 5 nitrogen and oxygen atoms in total. The summed E-state index contributed by atoms with van der Waals surface area (Å²) in [7, 11) is -3.61. The molecule has 0 radical (unpaired) electrons. The number of nitrogens with zero attached hydrogens (tertiary/aromatic N) is 2. The molecular formula is C8H5BrClN3O2S2. The van der Waals surface area contributed by atoms with E-state index in [0.717, 1.165) is 15.1 Å². The summed E-state index contributed by atoms with van der Waals surface area (Å²) in [6.45, 7) is 0. The van der Waals surface area contributed by atoms with Crippen molar-refractivity contribution < 1.29 is 8.42 Å². The van der Waals surface area contributed by atoms with Crippen molar-refractivity contribution in [2.75, 3.05) is 4.72 Å². The quantitative estimate of drug-likeness (QED) is 0.920. The minimum atomic E-state index is -3.61. The first-order chi connectivity index (χ1) is 7.97. The summed E-state index contributed by atoms with van der Waals surface area (Å²) in [5.41, 5.74) is 0. The Morgan fingerprint density at radius 3 is 2.53 bits per heavy atom. The van der Waals surface area contributed by atoms with E-state index in [4.69, 9.17) is 11.6 Å². The molecule has 0 unspecified atom stereocenters. The maximum Gasteiger partial charge on any atom is 0.272 e. The molecular weight excluding hydrogens is 350 g/mol. The van der Waals surface area contributed by atoms with Gasteiger partial charge in [-0.25, -0.2) is 8.42 Å². The van der Waals surface area contributed by atoms with Gasteiger partial charge >= 0.3 is 0 Å². The lowest BCUT2D eigenvalue weighted by Crippen LogP contribution is -2.12. The summed E-state index contributed by atoms with van der Waals surface area (Å²) in [4.78, 5) is 0. The first kappa shape index (κ1) is 12.7. The molecule has 0 aromatic carbocycles. The summed E-state index contributed by atoms with van der Waals surface area (Å²) >= 11 is 9.86. The summed E-state index contributed by atoms with van der Waals surface area (Å²) in [6.07, 6.45) is 0. The van der Waals surface area contributed by atoms with Gasteiger partial charge in [-0.1, -0.05) is 11.6 Å². The Hall–Kier alpha value is -0.700. The largest absolute Gasteiger partial charge is 0.272 e. The number of hydrogen-bond donors (Lipinski definition) is 1. The molecule has 17 heavy (non-hydrogen) atoms. The zero-order valence-corrected chi connectivity index (χ0v) is 12.1. The van der Waals surface area contributed by atoms with E-state index >= 15 is 0 Å². The molecule has 0 amide bonds. The number of sulfonamides is 1. The van der Waals surface area contributed by atoms with Crippen molar-refractivity contribution in [1.82, 2.24) is 10.2 Å². The first-order valence-electron chi connectivity index (χ1n) is 4.25. The van der Waals surface area contributed by atoms with E-state index in [-0.39, 0.29) is 15.2 Å². The number of thiophene rings is 1. The van der Waals surface area contributed by atoms with Crippen molar-refractivity contribution in [3.05, 3.63) is 33.2 Å². The van der Waals surface area contributed by atoms with Crippen LogP contribution in [-0.2, 0) is 10.0 Å². The number of hydrogen-bond acceptors (Lipinski definition) is 5. The van der Waals surface area contributed by atoms with Crippen LogP contribution in [0.2, 0.25) is 5.15 Å². The van der Waals surface area contributed by atoms with Crippen LogP contribution in [0.15, 0.2) is 32.3 Å². The van der Waals surface area contributed by atoms with E-state index < -0.39 is 10.0 Å². The van der Waals surface area contributed by atoms with Crippen molar-refractivity contribution in [2.45, 2.75) is 4.21 Å². The highest BCUT2D eigenvalue weighted by atomic mass is 79.9. The molecule has 90 valence electrons. The van der Waals surface area contributed by atoms with Crippen molar-refractivity contribution in [2.24, 2.45) is 0 Å². The van der Waals surface area contributed by atoms with Gasteiger partial charge in [0.1, 0.15) is 4.21 Å². The van der Waals surface area contributed by atoms with Crippen LogP contribution in [0, 0.1) is 0 Å². The fourth-order valence-electron chi connectivity index (χ4n) is 1.00. The SMILES string of the molecule is O=S(=O)(Nc1ccc(Cl)nn1)c1ccc(Br)s1. The van der Waals surface area contributed by atoms with Gasteiger partial charge in [-0.3, -0.25) is 4.72 Å². The maximum atomic E-state index is 11.9. The minimum Gasteiger partial charge on any atom is -0.261 e. The molecule has 0 aliphatic carbocycles. The number of anilines is 1. The van der Waals surface area contributed by atoms with E-state index in [1.165, 1.54) is 18.2 Å². The van der Waals surface area contributed by atoms with Gasteiger partial charge in [0, 0.05) is 0 Å². The first-order valence-corrected chi connectivity index (χ1v) is 7.72. The molecule has 1 N–H and O–H groups in total. The smallest absolute Gasteiger partial charge is 0.261 e.